The number of ether oxygens (including phenoxy) is 1. The van der Waals surface area contributed by atoms with E-state index in [-0.39, 0.29) is 11.9 Å². The van der Waals surface area contributed by atoms with Crippen molar-refractivity contribution in [2.24, 2.45) is 0 Å². The van der Waals surface area contributed by atoms with Crippen LogP contribution >= 0.6 is 0 Å². The van der Waals surface area contributed by atoms with Gasteiger partial charge in [-0.15, -0.1) is 0 Å². The van der Waals surface area contributed by atoms with Crippen LogP contribution in [0.1, 0.15) is 35.5 Å². The largest absolute Gasteiger partial charge is 0.483 e. The lowest BCUT2D eigenvalue weighted by Crippen LogP contribution is -2.49. The molecule has 0 radical (unpaired) electrons. The Morgan fingerprint density at radius 3 is 3.00 bits per heavy atom. The Hall–Kier alpha value is -2.40. The van der Waals surface area contributed by atoms with Crippen molar-refractivity contribution >= 4 is 11.5 Å². The first-order valence-corrected chi connectivity index (χ1v) is 8.44. The number of hydrogen-bond donors (Lipinski definition) is 1. The molecule has 5 nitrogen and oxygen atoms in total. The molecule has 3 heterocycles. The van der Waals surface area contributed by atoms with Gasteiger partial charge in [-0.3, -0.25) is 9.78 Å². The lowest BCUT2D eigenvalue weighted by Gasteiger charge is -2.34. The fraction of sp³-hybridized carbons (Fsp3) is 0.368. The Labute approximate surface area is 141 Å². The number of nitrogens with one attached hydrogen (secondary N) is 1. The van der Waals surface area contributed by atoms with Crippen molar-refractivity contribution in [2.45, 2.75) is 25.5 Å². The Morgan fingerprint density at radius 2 is 2.21 bits per heavy atom. The molecule has 2 aromatic rings. The summed E-state index contributed by atoms with van der Waals surface area (Å²) >= 11 is 0. The molecule has 0 spiro atoms. The molecule has 1 saturated heterocycles. The third-order valence-electron chi connectivity index (χ3n) is 4.66. The first-order valence-electron chi connectivity index (χ1n) is 8.44. The number of fused-ring (bicyclic) bond motifs is 1. The Balaban J connectivity index is 1.60. The van der Waals surface area contributed by atoms with E-state index in [1.807, 2.05) is 36.4 Å². The Morgan fingerprint density at radius 1 is 1.29 bits per heavy atom. The maximum absolute atomic E-state index is 12.6. The average molecular weight is 323 g/mol. The second-order valence-electron chi connectivity index (χ2n) is 6.47. The number of benzene rings is 1. The van der Waals surface area contributed by atoms with E-state index >= 15 is 0 Å². The summed E-state index contributed by atoms with van der Waals surface area (Å²) in [6.07, 6.45) is 1.77. The van der Waals surface area contributed by atoms with Gasteiger partial charge < -0.3 is 15.0 Å². The molecule has 2 aliphatic heterocycles. The standard InChI is InChI=1S/C19H21N3O2/c1-13-12-22(9-8-20-13)14-5-6-18-15(10-14)17(23)11-19(24-18)16-4-2-3-7-21-16/h2-7,10,13,19-20H,8-9,11-12H2,1H3/t13-,19?/m1/s1. The van der Waals surface area contributed by atoms with E-state index < -0.39 is 0 Å². The molecule has 5 heteroatoms. The number of piperazine rings is 1. The molecule has 1 unspecified atom stereocenters. The molecule has 124 valence electrons. The second kappa shape index (κ2) is 6.24. The quantitative estimate of drug-likeness (QED) is 0.920. The molecule has 24 heavy (non-hydrogen) atoms. The van der Waals surface area contributed by atoms with Gasteiger partial charge in [0.25, 0.3) is 0 Å². The summed E-state index contributed by atoms with van der Waals surface area (Å²) in [6, 6.07) is 12.1. The van der Waals surface area contributed by atoms with Crippen LogP contribution in [0.2, 0.25) is 0 Å². The summed E-state index contributed by atoms with van der Waals surface area (Å²) < 4.78 is 6.04. The zero-order valence-corrected chi connectivity index (χ0v) is 13.7. The molecule has 0 amide bonds. The molecule has 1 fully saturated rings. The van der Waals surface area contributed by atoms with Crippen LogP contribution in [0.5, 0.6) is 5.75 Å². The number of hydrogen-bond acceptors (Lipinski definition) is 5. The van der Waals surface area contributed by atoms with Crippen LogP contribution < -0.4 is 15.0 Å². The predicted octanol–water partition coefficient (Wildman–Crippen LogP) is 2.59. The number of rotatable bonds is 2. The van der Waals surface area contributed by atoms with Crippen LogP contribution in [0.25, 0.3) is 0 Å². The van der Waals surface area contributed by atoms with Gasteiger partial charge in [-0.2, -0.15) is 0 Å². The lowest BCUT2D eigenvalue weighted by atomic mass is 9.98. The van der Waals surface area contributed by atoms with Crippen LogP contribution in [0, 0.1) is 0 Å². The molecular formula is C19H21N3O2. The molecule has 2 atom stereocenters. The van der Waals surface area contributed by atoms with Gasteiger partial charge in [0.05, 0.1) is 17.7 Å². The van der Waals surface area contributed by atoms with Crippen LogP contribution in [0.15, 0.2) is 42.6 Å². The molecular weight excluding hydrogens is 302 g/mol. The number of Topliss-reactive ketones (excluding diaryl/α,β-unsaturated/α-hetero) is 1. The van der Waals surface area contributed by atoms with Gasteiger partial charge in [0.15, 0.2) is 5.78 Å². The molecule has 0 saturated carbocycles. The number of carbonyl (C=O) groups is 1. The smallest absolute Gasteiger partial charge is 0.170 e. The van der Waals surface area contributed by atoms with E-state index in [2.05, 4.69) is 22.1 Å². The fourth-order valence-electron chi connectivity index (χ4n) is 3.41. The number of carbonyl (C=O) groups excluding carboxylic acids is 1. The highest BCUT2D eigenvalue weighted by molar-refractivity contribution is 6.00. The third-order valence-corrected chi connectivity index (χ3v) is 4.66. The van der Waals surface area contributed by atoms with Crippen LogP contribution in [0.3, 0.4) is 0 Å². The third kappa shape index (κ3) is 2.87. The summed E-state index contributed by atoms with van der Waals surface area (Å²) in [6.45, 7) is 5.04. The SMILES string of the molecule is C[C@@H]1CN(c2ccc3c(c2)C(=O)CC(c2ccccn2)O3)CCN1. The summed E-state index contributed by atoms with van der Waals surface area (Å²) in [7, 11) is 0. The van der Waals surface area contributed by atoms with E-state index in [0.29, 0.717) is 23.8 Å². The highest BCUT2D eigenvalue weighted by atomic mass is 16.5. The minimum atomic E-state index is -0.295. The van der Waals surface area contributed by atoms with Crippen molar-refractivity contribution in [3.8, 4) is 5.75 Å². The number of nitrogens with zero attached hydrogens (tertiary/aromatic N) is 2. The van der Waals surface area contributed by atoms with Crippen LogP contribution in [0.4, 0.5) is 5.69 Å². The number of ketones is 1. The topological polar surface area (TPSA) is 54.5 Å². The van der Waals surface area contributed by atoms with Gasteiger partial charge in [0, 0.05) is 37.6 Å². The Bertz CT molecular complexity index is 748. The van der Waals surface area contributed by atoms with Crippen molar-refractivity contribution in [1.29, 1.82) is 0 Å². The molecule has 1 N–H and O–H groups in total. The van der Waals surface area contributed by atoms with Crippen molar-refractivity contribution in [3.05, 3.63) is 53.9 Å². The van der Waals surface area contributed by atoms with E-state index in [1.54, 1.807) is 6.20 Å². The van der Waals surface area contributed by atoms with E-state index in [0.717, 1.165) is 31.0 Å². The summed E-state index contributed by atoms with van der Waals surface area (Å²) in [5.41, 5.74) is 2.58. The second-order valence-corrected chi connectivity index (χ2v) is 6.47. The minimum absolute atomic E-state index is 0.122. The molecule has 2 aliphatic rings. The molecule has 1 aromatic carbocycles. The van der Waals surface area contributed by atoms with Gasteiger partial charge in [-0.25, -0.2) is 0 Å². The van der Waals surface area contributed by atoms with Gasteiger partial charge in [-0.1, -0.05) is 6.07 Å². The molecule has 0 aliphatic carbocycles. The van der Waals surface area contributed by atoms with Gasteiger partial charge in [0.2, 0.25) is 0 Å². The Kier molecular flexibility index (Phi) is 3.94. The van der Waals surface area contributed by atoms with E-state index in [1.165, 1.54) is 0 Å². The zero-order chi connectivity index (χ0) is 16.5. The highest BCUT2D eigenvalue weighted by Gasteiger charge is 2.29. The summed E-state index contributed by atoms with van der Waals surface area (Å²) in [5.74, 6) is 0.783. The van der Waals surface area contributed by atoms with E-state index in [4.69, 9.17) is 4.74 Å². The van der Waals surface area contributed by atoms with Crippen molar-refractivity contribution < 1.29 is 9.53 Å². The average Bonchev–Trinajstić information content (AvgIpc) is 2.62. The van der Waals surface area contributed by atoms with Crippen molar-refractivity contribution in [1.82, 2.24) is 10.3 Å². The minimum Gasteiger partial charge on any atom is -0.483 e. The van der Waals surface area contributed by atoms with E-state index in [9.17, 15) is 4.79 Å². The molecule has 4 rings (SSSR count). The maximum Gasteiger partial charge on any atom is 0.170 e. The summed E-state index contributed by atoms with van der Waals surface area (Å²) in [5, 5.41) is 3.44. The van der Waals surface area contributed by atoms with Crippen molar-refractivity contribution in [3.63, 3.8) is 0 Å². The number of aromatic nitrogens is 1. The lowest BCUT2D eigenvalue weighted by molar-refractivity contribution is 0.0845. The number of anilines is 1. The predicted molar refractivity (Wildman–Crippen MR) is 92.7 cm³/mol. The first-order chi connectivity index (χ1) is 11.7. The maximum atomic E-state index is 12.6. The molecule has 0 bridgehead atoms. The molecule has 1 aromatic heterocycles. The monoisotopic (exact) mass is 323 g/mol. The van der Waals surface area contributed by atoms with Gasteiger partial charge in [0.1, 0.15) is 11.9 Å². The van der Waals surface area contributed by atoms with Crippen LogP contribution in [-0.4, -0.2) is 36.4 Å². The van der Waals surface area contributed by atoms with Gasteiger partial charge >= 0.3 is 0 Å². The number of pyridine rings is 1. The van der Waals surface area contributed by atoms with Crippen molar-refractivity contribution in [2.75, 3.05) is 24.5 Å². The fourth-order valence-corrected chi connectivity index (χ4v) is 3.41. The zero-order valence-electron chi connectivity index (χ0n) is 13.7. The van der Waals surface area contributed by atoms with Crippen LogP contribution in [-0.2, 0) is 0 Å². The summed E-state index contributed by atoms with van der Waals surface area (Å²) in [4.78, 5) is 19.3. The first kappa shape index (κ1) is 15.1. The van der Waals surface area contributed by atoms with Gasteiger partial charge in [-0.05, 0) is 37.3 Å². The highest BCUT2D eigenvalue weighted by Crippen LogP contribution is 2.36. The normalized spacial score (nSPS) is 23.5.